The molecule has 7 nitrogen and oxygen atoms in total. The van der Waals surface area contributed by atoms with E-state index in [1.54, 1.807) is 30.5 Å². The van der Waals surface area contributed by atoms with Crippen LogP contribution in [0.25, 0.3) is 6.08 Å². The summed E-state index contributed by atoms with van der Waals surface area (Å²) in [6, 6.07) is -0.0162. The molecule has 1 aromatic heterocycles. The molecule has 3 rings (SSSR count). The summed E-state index contributed by atoms with van der Waals surface area (Å²) in [4.78, 5) is 23.1. The number of aromatic nitrogens is 2. The number of likely N-dealkylation sites (N-methyl/N-ethyl adjacent to an activating group) is 1. The molecule has 1 amide bonds. The fraction of sp³-hybridized carbons (Fsp3) is 0.625. The number of rotatable bonds is 4. The Kier molecular flexibility index (Phi) is 5.09. The van der Waals surface area contributed by atoms with Gasteiger partial charge in [0.2, 0.25) is 5.91 Å². The lowest BCUT2D eigenvalue weighted by Gasteiger charge is -2.36. The van der Waals surface area contributed by atoms with E-state index < -0.39 is 6.10 Å². The highest BCUT2D eigenvalue weighted by Gasteiger charge is 2.41. The number of carbonyl (C=O) groups is 1. The van der Waals surface area contributed by atoms with Gasteiger partial charge in [-0.2, -0.15) is 0 Å². The van der Waals surface area contributed by atoms with Crippen molar-refractivity contribution in [1.82, 2.24) is 19.8 Å². The summed E-state index contributed by atoms with van der Waals surface area (Å²) >= 11 is 0. The molecular weight excluding hydrogens is 296 g/mol. The molecule has 7 heteroatoms. The summed E-state index contributed by atoms with van der Waals surface area (Å²) in [5.41, 5.74) is 0.782. The van der Waals surface area contributed by atoms with Gasteiger partial charge in [-0.25, -0.2) is 4.98 Å². The number of imidazole rings is 1. The number of hydrogen-bond donors (Lipinski definition) is 2. The normalized spacial score (nSPS) is 29.2. The Bertz CT molecular complexity index is 540. The summed E-state index contributed by atoms with van der Waals surface area (Å²) in [5.74, 6) is -0.105. The Hall–Kier alpha value is -1.70. The number of nitrogens with one attached hydrogen (secondary N) is 1. The van der Waals surface area contributed by atoms with Crippen LogP contribution in [0.3, 0.4) is 0 Å². The van der Waals surface area contributed by atoms with Crippen LogP contribution < -0.4 is 0 Å². The van der Waals surface area contributed by atoms with Crippen LogP contribution >= 0.6 is 0 Å². The molecule has 2 fully saturated rings. The molecule has 2 heterocycles. The van der Waals surface area contributed by atoms with E-state index >= 15 is 0 Å². The van der Waals surface area contributed by atoms with Gasteiger partial charge in [-0.3, -0.25) is 9.69 Å². The zero-order valence-electron chi connectivity index (χ0n) is 13.4. The fourth-order valence-electron chi connectivity index (χ4n) is 3.47. The zero-order chi connectivity index (χ0) is 16.2. The molecule has 1 aromatic rings. The van der Waals surface area contributed by atoms with Gasteiger partial charge in [0.1, 0.15) is 0 Å². The van der Waals surface area contributed by atoms with Gasteiger partial charge in [0.05, 0.1) is 43.6 Å². The van der Waals surface area contributed by atoms with Crippen molar-refractivity contribution in [2.45, 2.75) is 31.0 Å². The highest BCUT2D eigenvalue weighted by atomic mass is 16.5. The smallest absolute Gasteiger partial charge is 0.246 e. The van der Waals surface area contributed by atoms with Gasteiger partial charge in [0.15, 0.2) is 0 Å². The van der Waals surface area contributed by atoms with E-state index in [1.807, 2.05) is 0 Å². The first-order chi connectivity index (χ1) is 11.2. The molecule has 2 aliphatic rings. The lowest BCUT2D eigenvalue weighted by Crippen LogP contribution is -2.51. The van der Waals surface area contributed by atoms with Gasteiger partial charge < -0.3 is 19.7 Å². The molecule has 0 unspecified atom stereocenters. The van der Waals surface area contributed by atoms with Crippen molar-refractivity contribution in [3.63, 3.8) is 0 Å². The van der Waals surface area contributed by atoms with E-state index in [0.717, 1.165) is 44.8 Å². The van der Waals surface area contributed by atoms with Gasteiger partial charge in [0.25, 0.3) is 0 Å². The molecule has 1 aliphatic carbocycles. The maximum absolute atomic E-state index is 12.3. The number of ether oxygens (including phenoxy) is 1. The average Bonchev–Trinajstić information content (AvgIpc) is 3.22. The van der Waals surface area contributed by atoms with Gasteiger partial charge in [-0.1, -0.05) is 0 Å². The van der Waals surface area contributed by atoms with E-state index in [0.29, 0.717) is 0 Å². The van der Waals surface area contributed by atoms with Gasteiger partial charge in [-0.05, 0) is 18.9 Å². The first kappa shape index (κ1) is 16.2. The van der Waals surface area contributed by atoms with Gasteiger partial charge >= 0.3 is 0 Å². The molecule has 0 spiro atoms. The van der Waals surface area contributed by atoms with Crippen LogP contribution in [0.15, 0.2) is 18.6 Å². The second kappa shape index (κ2) is 7.25. The van der Waals surface area contributed by atoms with E-state index in [2.05, 4.69) is 14.9 Å². The minimum Gasteiger partial charge on any atom is -0.389 e. The molecule has 3 atom stereocenters. The standard InChI is InChI=1S/C16H24N4O3/c1-19(15(21)5-2-12-10-17-11-18-12)13-3-4-14(16(13)22)20-6-8-23-9-7-20/h2,5,10-11,13-14,16,22H,3-4,6-9H2,1H3,(H,17,18)/b5-2+/t13-,14-,16-/m1/s1. The van der Waals surface area contributed by atoms with E-state index in [-0.39, 0.29) is 18.0 Å². The molecule has 126 valence electrons. The minimum absolute atomic E-state index is 0.105. The van der Waals surface area contributed by atoms with Crippen molar-refractivity contribution in [3.05, 3.63) is 24.3 Å². The minimum atomic E-state index is -0.511. The van der Waals surface area contributed by atoms with Crippen molar-refractivity contribution in [3.8, 4) is 0 Å². The Morgan fingerprint density at radius 3 is 2.96 bits per heavy atom. The van der Waals surface area contributed by atoms with Crippen molar-refractivity contribution < 1.29 is 14.6 Å². The van der Waals surface area contributed by atoms with E-state index in [1.165, 1.54) is 6.08 Å². The second-order valence-electron chi connectivity index (χ2n) is 6.14. The quantitative estimate of drug-likeness (QED) is 0.769. The summed E-state index contributed by atoms with van der Waals surface area (Å²) in [6.07, 6.45) is 7.67. The monoisotopic (exact) mass is 320 g/mol. The van der Waals surface area contributed by atoms with Gasteiger partial charge in [0, 0.05) is 32.3 Å². The molecule has 23 heavy (non-hydrogen) atoms. The molecular formula is C16H24N4O3. The predicted molar refractivity (Wildman–Crippen MR) is 85.6 cm³/mol. The third-order valence-corrected chi connectivity index (χ3v) is 4.83. The molecule has 0 aromatic carbocycles. The Balaban J connectivity index is 1.59. The summed E-state index contributed by atoms with van der Waals surface area (Å²) in [7, 11) is 1.76. The number of nitrogens with zero attached hydrogens (tertiary/aromatic N) is 3. The lowest BCUT2D eigenvalue weighted by molar-refractivity contribution is -0.129. The molecule has 2 N–H and O–H groups in total. The molecule has 0 bridgehead atoms. The van der Waals surface area contributed by atoms with Crippen molar-refractivity contribution in [2.75, 3.05) is 33.4 Å². The zero-order valence-corrected chi connectivity index (χ0v) is 13.4. The highest BCUT2D eigenvalue weighted by Crippen LogP contribution is 2.28. The number of aliphatic hydroxyl groups excluding tert-OH is 1. The van der Waals surface area contributed by atoms with Crippen LogP contribution in [0.2, 0.25) is 0 Å². The number of morpholine rings is 1. The van der Waals surface area contributed by atoms with E-state index in [4.69, 9.17) is 4.74 Å². The van der Waals surface area contributed by atoms with Crippen LogP contribution in [0.1, 0.15) is 18.5 Å². The summed E-state index contributed by atoms with van der Waals surface area (Å²) in [5, 5.41) is 10.7. The number of aliphatic hydroxyl groups is 1. The summed E-state index contributed by atoms with van der Waals surface area (Å²) < 4.78 is 5.37. The maximum atomic E-state index is 12.3. The van der Waals surface area contributed by atoms with Crippen LogP contribution in [0.5, 0.6) is 0 Å². The van der Waals surface area contributed by atoms with Crippen LogP contribution in [0.4, 0.5) is 0 Å². The average molecular weight is 320 g/mol. The lowest BCUT2D eigenvalue weighted by atomic mass is 10.1. The number of hydrogen-bond acceptors (Lipinski definition) is 5. The third kappa shape index (κ3) is 3.63. The Morgan fingerprint density at radius 1 is 1.48 bits per heavy atom. The number of H-pyrrole nitrogens is 1. The molecule has 1 aliphatic heterocycles. The Labute approximate surface area is 135 Å². The Morgan fingerprint density at radius 2 is 2.26 bits per heavy atom. The van der Waals surface area contributed by atoms with Crippen LogP contribution in [0, 0.1) is 0 Å². The van der Waals surface area contributed by atoms with Crippen LogP contribution in [-0.2, 0) is 9.53 Å². The topological polar surface area (TPSA) is 81.7 Å². The van der Waals surface area contributed by atoms with Crippen molar-refractivity contribution in [1.29, 1.82) is 0 Å². The molecule has 0 radical (unpaired) electrons. The van der Waals surface area contributed by atoms with Crippen LogP contribution in [-0.4, -0.2) is 82.3 Å². The third-order valence-electron chi connectivity index (χ3n) is 4.83. The van der Waals surface area contributed by atoms with Gasteiger partial charge in [-0.15, -0.1) is 0 Å². The molecule has 1 saturated carbocycles. The SMILES string of the molecule is CN(C(=O)/C=C/c1cnc[nH]1)[C@@H]1CC[C@@H](N2CCOCC2)[C@@H]1O. The maximum Gasteiger partial charge on any atom is 0.246 e. The number of amides is 1. The van der Waals surface area contributed by atoms with E-state index in [9.17, 15) is 9.90 Å². The second-order valence-corrected chi connectivity index (χ2v) is 6.14. The highest BCUT2D eigenvalue weighted by molar-refractivity contribution is 5.91. The fourth-order valence-corrected chi connectivity index (χ4v) is 3.47. The van der Waals surface area contributed by atoms with Crippen molar-refractivity contribution >= 4 is 12.0 Å². The number of aromatic amines is 1. The number of carbonyl (C=O) groups excluding carboxylic acids is 1. The molecule has 1 saturated heterocycles. The van der Waals surface area contributed by atoms with Crippen molar-refractivity contribution in [2.24, 2.45) is 0 Å². The summed E-state index contributed by atoms with van der Waals surface area (Å²) in [6.45, 7) is 3.14. The predicted octanol–water partition coefficient (Wildman–Crippen LogP) is 0.105. The largest absolute Gasteiger partial charge is 0.389 e. The first-order valence-corrected chi connectivity index (χ1v) is 8.10. The first-order valence-electron chi connectivity index (χ1n) is 8.10.